The van der Waals surface area contributed by atoms with Crippen LogP contribution in [-0.4, -0.2) is 142 Å². The van der Waals surface area contributed by atoms with Crippen molar-refractivity contribution in [1.82, 2.24) is 0 Å². The fourth-order valence-corrected chi connectivity index (χ4v) is 8.93. The topological polar surface area (TPSA) is 214 Å². The van der Waals surface area contributed by atoms with Crippen LogP contribution in [0.2, 0.25) is 0 Å². The minimum absolute atomic E-state index is 0.0703. The molecule has 0 spiro atoms. The summed E-state index contributed by atoms with van der Waals surface area (Å²) in [5, 5.41) is 72.1. The average molecular weight is 949 g/mol. The molecule has 11 unspecified atom stereocenters. The molecule has 0 aromatic rings. The zero-order valence-electron chi connectivity index (χ0n) is 41.7. The molecule has 2 saturated heterocycles. The van der Waals surface area contributed by atoms with Crippen LogP contribution in [0.1, 0.15) is 226 Å². The van der Waals surface area contributed by atoms with E-state index in [-0.39, 0.29) is 25.6 Å². The summed E-state index contributed by atoms with van der Waals surface area (Å²) in [4.78, 5) is 13.0. The molecule has 14 nitrogen and oxygen atoms in total. The van der Waals surface area contributed by atoms with E-state index in [1.807, 2.05) is 0 Å². The largest absolute Gasteiger partial charge is 0.457 e. The predicted molar refractivity (Wildman–Crippen MR) is 257 cm³/mol. The van der Waals surface area contributed by atoms with E-state index in [1.54, 1.807) is 0 Å². The molecule has 11 atom stereocenters. The number of carbonyl (C=O) groups excluding carboxylic acids is 1. The Morgan fingerprint density at radius 3 is 1.23 bits per heavy atom. The van der Waals surface area contributed by atoms with Crippen LogP contribution in [-0.2, 0) is 33.2 Å². The standard InChI is InChI=1S/C52H100O14/c1-3-5-7-9-11-13-15-16-17-18-19-20-21-22-23-24-26-28-30-32-34-36-61-38-41(64-44(54)35-33-31-29-27-25-14-12-10-8-6-4-2)39-62-51-50(60)48(58)46(56)43(66-51)40-63-52-49(59)47(57)45(55)42(37-53)65-52/h41-43,45-53,55-60H,3-40H2,1-2H3. The lowest BCUT2D eigenvalue weighted by molar-refractivity contribution is -0.332. The van der Waals surface area contributed by atoms with Gasteiger partial charge in [-0.2, -0.15) is 0 Å². The molecule has 0 aromatic carbocycles. The Kier molecular flexibility index (Phi) is 37.7. The number of ether oxygens (including phenoxy) is 6. The number of aliphatic hydroxyl groups excluding tert-OH is 7. The minimum Gasteiger partial charge on any atom is -0.457 e. The van der Waals surface area contributed by atoms with Crippen molar-refractivity contribution in [3.63, 3.8) is 0 Å². The van der Waals surface area contributed by atoms with E-state index >= 15 is 0 Å². The van der Waals surface area contributed by atoms with E-state index in [0.717, 1.165) is 38.5 Å². The lowest BCUT2D eigenvalue weighted by Crippen LogP contribution is -2.61. The van der Waals surface area contributed by atoms with E-state index in [4.69, 9.17) is 28.4 Å². The second kappa shape index (κ2) is 40.7. The van der Waals surface area contributed by atoms with Gasteiger partial charge in [-0.15, -0.1) is 0 Å². The van der Waals surface area contributed by atoms with Gasteiger partial charge in [0.25, 0.3) is 0 Å². The van der Waals surface area contributed by atoms with E-state index < -0.39 is 80.7 Å². The van der Waals surface area contributed by atoms with Crippen molar-refractivity contribution in [3.05, 3.63) is 0 Å². The first-order valence-electron chi connectivity index (χ1n) is 27.1. The van der Waals surface area contributed by atoms with Gasteiger partial charge in [-0.05, 0) is 12.8 Å². The van der Waals surface area contributed by atoms with Crippen molar-refractivity contribution in [2.24, 2.45) is 0 Å². The molecule has 0 aliphatic carbocycles. The molecule has 2 heterocycles. The minimum atomic E-state index is -1.70. The maximum Gasteiger partial charge on any atom is 0.306 e. The summed E-state index contributed by atoms with van der Waals surface area (Å²) in [7, 11) is 0. The van der Waals surface area contributed by atoms with Gasteiger partial charge in [0.2, 0.25) is 0 Å². The number of hydrogen-bond donors (Lipinski definition) is 7. The van der Waals surface area contributed by atoms with Crippen molar-refractivity contribution < 1.29 is 69.0 Å². The molecular weight excluding hydrogens is 849 g/mol. The van der Waals surface area contributed by atoms with Gasteiger partial charge in [-0.3, -0.25) is 4.79 Å². The molecule has 2 fully saturated rings. The van der Waals surface area contributed by atoms with Crippen LogP contribution in [0.25, 0.3) is 0 Å². The van der Waals surface area contributed by atoms with Gasteiger partial charge in [-0.25, -0.2) is 0 Å². The summed E-state index contributed by atoms with van der Waals surface area (Å²) in [6, 6.07) is 0. The Morgan fingerprint density at radius 1 is 0.439 bits per heavy atom. The van der Waals surface area contributed by atoms with E-state index in [2.05, 4.69) is 13.8 Å². The van der Waals surface area contributed by atoms with Gasteiger partial charge >= 0.3 is 5.97 Å². The molecule has 0 aromatic heterocycles. The van der Waals surface area contributed by atoms with E-state index in [9.17, 15) is 40.5 Å². The third-order valence-electron chi connectivity index (χ3n) is 13.4. The number of unbranched alkanes of at least 4 members (excludes halogenated alkanes) is 30. The average Bonchev–Trinajstić information content (AvgIpc) is 3.31. The van der Waals surface area contributed by atoms with Gasteiger partial charge in [0.05, 0.1) is 26.4 Å². The molecule has 2 aliphatic rings. The second-order valence-electron chi connectivity index (χ2n) is 19.4. The summed E-state index contributed by atoms with van der Waals surface area (Å²) < 4.78 is 34.3. The van der Waals surface area contributed by atoms with Gasteiger partial charge in [-0.1, -0.05) is 206 Å². The summed E-state index contributed by atoms with van der Waals surface area (Å²) >= 11 is 0. The summed E-state index contributed by atoms with van der Waals surface area (Å²) in [5.74, 6) is -0.372. The van der Waals surface area contributed by atoms with Gasteiger partial charge in [0.1, 0.15) is 54.9 Å². The molecule has 14 heteroatoms. The van der Waals surface area contributed by atoms with Crippen LogP contribution >= 0.6 is 0 Å². The fraction of sp³-hybridized carbons (Fsp3) is 0.981. The zero-order chi connectivity index (χ0) is 48.0. The van der Waals surface area contributed by atoms with Crippen molar-refractivity contribution in [2.75, 3.05) is 33.0 Å². The Bertz CT molecular complexity index is 1100. The maximum absolute atomic E-state index is 13.0. The molecule has 7 N–H and O–H groups in total. The second-order valence-corrected chi connectivity index (χ2v) is 19.4. The Morgan fingerprint density at radius 2 is 0.803 bits per heavy atom. The monoisotopic (exact) mass is 949 g/mol. The molecule has 0 saturated carbocycles. The van der Waals surface area contributed by atoms with Crippen molar-refractivity contribution >= 4 is 5.97 Å². The smallest absolute Gasteiger partial charge is 0.306 e. The lowest BCUT2D eigenvalue weighted by Gasteiger charge is -2.42. The molecule has 0 bridgehead atoms. The van der Waals surface area contributed by atoms with Crippen LogP contribution in [0.15, 0.2) is 0 Å². The van der Waals surface area contributed by atoms with Gasteiger partial charge in [0, 0.05) is 13.0 Å². The fourth-order valence-electron chi connectivity index (χ4n) is 8.93. The quantitative estimate of drug-likeness (QED) is 0.0226. The first kappa shape index (κ1) is 61.1. The molecule has 392 valence electrons. The number of esters is 1. The number of carbonyl (C=O) groups is 1. The van der Waals surface area contributed by atoms with Crippen LogP contribution < -0.4 is 0 Å². The van der Waals surface area contributed by atoms with Crippen LogP contribution in [0, 0.1) is 0 Å². The third-order valence-corrected chi connectivity index (χ3v) is 13.4. The van der Waals surface area contributed by atoms with E-state index in [0.29, 0.717) is 13.0 Å². The first-order chi connectivity index (χ1) is 32.1. The Labute approximate surface area is 400 Å². The third kappa shape index (κ3) is 28.0. The highest BCUT2D eigenvalue weighted by atomic mass is 16.7. The molecule has 0 radical (unpaired) electrons. The SMILES string of the molecule is CCCCCCCCCCCCCCCCCCCCCCCOCC(COC1OC(COC2OC(CO)C(O)C(O)C2O)C(O)C(O)C1O)OC(=O)CCCCCCCCCCCCC. The highest BCUT2D eigenvalue weighted by Gasteiger charge is 2.47. The van der Waals surface area contributed by atoms with Crippen LogP contribution in [0.3, 0.4) is 0 Å². The molecule has 0 amide bonds. The van der Waals surface area contributed by atoms with Crippen molar-refractivity contribution in [3.8, 4) is 0 Å². The predicted octanol–water partition coefficient (Wildman–Crippen LogP) is 8.47. The van der Waals surface area contributed by atoms with Crippen LogP contribution in [0.4, 0.5) is 0 Å². The Hall–Kier alpha value is -1.01. The highest BCUT2D eigenvalue weighted by molar-refractivity contribution is 5.69. The van der Waals surface area contributed by atoms with Crippen molar-refractivity contribution in [1.29, 1.82) is 0 Å². The maximum atomic E-state index is 13.0. The summed E-state index contributed by atoms with van der Waals surface area (Å²) in [5.41, 5.74) is 0. The summed E-state index contributed by atoms with van der Waals surface area (Å²) in [6.45, 7) is 3.73. The highest BCUT2D eigenvalue weighted by Crippen LogP contribution is 2.27. The molecule has 2 aliphatic heterocycles. The van der Waals surface area contributed by atoms with Gasteiger partial charge in [0.15, 0.2) is 12.6 Å². The van der Waals surface area contributed by atoms with Crippen molar-refractivity contribution in [2.45, 2.75) is 293 Å². The van der Waals surface area contributed by atoms with Gasteiger partial charge < -0.3 is 64.2 Å². The lowest BCUT2D eigenvalue weighted by atomic mass is 9.98. The summed E-state index contributed by atoms with van der Waals surface area (Å²) in [6.07, 6.45) is 24.6. The number of aliphatic hydroxyl groups is 7. The number of hydrogen-bond acceptors (Lipinski definition) is 14. The van der Waals surface area contributed by atoms with Crippen LogP contribution in [0.5, 0.6) is 0 Å². The zero-order valence-corrected chi connectivity index (χ0v) is 41.7. The van der Waals surface area contributed by atoms with E-state index in [1.165, 1.54) is 161 Å². The normalized spacial score (nSPS) is 26.2. The molecule has 66 heavy (non-hydrogen) atoms. The Balaban J connectivity index is 1.70. The molecule has 2 rings (SSSR count). The number of rotatable bonds is 44. The first-order valence-corrected chi connectivity index (χ1v) is 27.1. The molecular formula is C52H100O14.